The largest absolute Gasteiger partial charge is 0.480 e. The summed E-state index contributed by atoms with van der Waals surface area (Å²) >= 11 is 0. The maximum Gasteiger partial charge on any atom is 0.323 e. The standard InChI is InChI=1S/C15H30N2O2/c1-4-15(16-2,14(18)19)10-7-11-17(3)12-13-8-5-6-9-13/h13,16H,4-12H2,1-3H3,(H,18,19). The lowest BCUT2D eigenvalue weighted by atomic mass is 9.90. The number of likely N-dealkylation sites (N-methyl/N-ethyl adjacent to an activating group) is 1. The van der Waals surface area contributed by atoms with E-state index in [0.29, 0.717) is 12.8 Å². The van der Waals surface area contributed by atoms with E-state index in [4.69, 9.17) is 0 Å². The van der Waals surface area contributed by atoms with Gasteiger partial charge in [0.15, 0.2) is 0 Å². The molecule has 4 heteroatoms. The molecule has 0 radical (unpaired) electrons. The zero-order chi connectivity index (χ0) is 14.3. The number of nitrogens with zero attached hydrogens (tertiary/aromatic N) is 1. The van der Waals surface area contributed by atoms with E-state index in [2.05, 4.69) is 17.3 Å². The van der Waals surface area contributed by atoms with Gasteiger partial charge in [-0.3, -0.25) is 4.79 Å². The number of carbonyl (C=O) groups is 1. The lowest BCUT2D eigenvalue weighted by molar-refractivity contribution is -0.145. The van der Waals surface area contributed by atoms with E-state index in [0.717, 1.165) is 18.9 Å². The molecule has 1 fully saturated rings. The average Bonchev–Trinajstić information content (AvgIpc) is 2.87. The highest BCUT2D eigenvalue weighted by Gasteiger charge is 2.34. The fourth-order valence-corrected chi connectivity index (χ4v) is 3.22. The molecule has 0 spiro atoms. The molecule has 1 aliphatic rings. The molecular formula is C15H30N2O2. The normalized spacial score (nSPS) is 19.8. The maximum atomic E-state index is 11.4. The Morgan fingerprint density at radius 3 is 2.53 bits per heavy atom. The van der Waals surface area contributed by atoms with Crippen LogP contribution in [0.1, 0.15) is 51.9 Å². The van der Waals surface area contributed by atoms with E-state index in [1.807, 2.05) is 6.92 Å². The second-order valence-electron chi connectivity index (χ2n) is 6.01. The van der Waals surface area contributed by atoms with Crippen LogP contribution in [0.3, 0.4) is 0 Å². The Hall–Kier alpha value is -0.610. The summed E-state index contributed by atoms with van der Waals surface area (Å²) in [7, 11) is 3.91. The Kier molecular flexibility index (Phi) is 6.80. The van der Waals surface area contributed by atoms with Crippen LogP contribution in [-0.4, -0.2) is 48.7 Å². The monoisotopic (exact) mass is 270 g/mol. The molecule has 0 aromatic heterocycles. The number of carboxylic acid groups (broad SMARTS) is 1. The minimum atomic E-state index is -0.742. The van der Waals surface area contributed by atoms with E-state index in [9.17, 15) is 9.90 Å². The minimum Gasteiger partial charge on any atom is -0.480 e. The molecule has 0 bridgehead atoms. The van der Waals surface area contributed by atoms with Crippen LogP contribution < -0.4 is 5.32 Å². The maximum absolute atomic E-state index is 11.4. The number of hydrogen-bond acceptors (Lipinski definition) is 3. The Labute approximate surface area is 117 Å². The van der Waals surface area contributed by atoms with Crippen molar-refractivity contribution < 1.29 is 9.90 Å². The van der Waals surface area contributed by atoms with Crippen LogP contribution in [0.15, 0.2) is 0 Å². The van der Waals surface area contributed by atoms with Crippen LogP contribution in [0.25, 0.3) is 0 Å². The van der Waals surface area contributed by atoms with Crippen molar-refractivity contribution in [3.05, 3.63) is 0 Å². The highest BCUT2D eigenvalue weighted by atomic mass is 16.4. The van der Waals surface area contributed by atoms with Crippen molar-refractivity contribution >= 4 is 5.97 Å². The molecule has 0 aromatic carbocycles. The second-order valence-corrected chi connectivity index (χ2v) is 6.01. The van der Waals surface area contributed by atoms with E-state index < -0.39 is 11.5 Å². The van der Waals surface area contributed by atoms with Crippen molar-refractivity contribution in [3.63, 3.8) is 0 Å². The van der Waals surface area contributed by atoms with Gasteiger partial charge in [0.05, 0.1) is 0 Å². The van der Waals surface area contributed by atoms with Crippen molar-refractivity contribution in [1.29, 1.82) is 0 Å². The Balaban J connectivity index is 2.29. The van der Waals surface area contributed by atoms with Gasteiger partial charge in [-0.1, -0.05) is 19.8 Å². The number of rotatable bonds is 9. The van der Waals surface area contributed by atoms with E-state index >= 15 is 0 Å². The van der Waals surface area contributed by atoms with Gasteiger partial charge in [0.25, 0.3) is 0 Å². The molecule has 0 aromatic rings. The molecule has 0 saturated heterocycles. The van der Waals surface area contributed by atoms with Gasteiger partial charge in [0, 0.05) is 6.54 Å². The molecule has 0 heterocycles. The molecule has 19 heavy (non-hydrogen) atoms. The molecule has 4 nitrogen and oxygen atoms in total. The summed E-state index contributed by atoms with van der Waals surface area (Å²) in [5.74, 6) is 0.139. The first-order chi connectivity index (χ1) is 9.04. The molecule has 1 aliphatic carbocycles. The van der Waals surface area contributed by atoms with E-state index in [1.165, 1.54) is 32.2 Å². The third kappa shape index (κ3) is 4.77. The lowest BCUT2D eigenvalue weighted by Crippen LogP contribution is -2.50. The number of nitrogens with one attached hydrogen (secondary N) is 1. The first-order valence-electron chi connectivity index (χ1n) is 7.65. The SMILES string of the molecule is CCC(CCCN(C)CC1CCCC1)(NC)C(=O)O. The Morgan fingerprint density at radius 2 is 2.05 bits per heavy atom. The quantitative estimate of drug-likeness (QED) is 0.675. The van der Waals surface area contributed by atoms with Gasteiger partial charge >= 0.3 is 5.97 Å². The van der Waals surface area contributed by atoms with Crippen LogP contribution in [-0.2, 0) is 4.79 Å². The van der Waals surface area contributed by atoms with Gasteiger partial charge in [0.2, 0.25) is 0 Å². The third-order valence-corrected chi connectivity index (χ3v) is 4.68. The molecule has 0 amide bonds. The smallest absolute Gasteiger partial charge is 0.323 e. The number of carboxylic acids is 1. The van der Waals surface area contributed by atoms with Gasteiger partial charge in [-0.15, -0.1) is 0 Å². The van der Waals surface area contributed by atoms with Crippen molar-refractivity contribution in [2.75, 3.05) is 27.2 Å². The molecular weight excluding hydrogens is 240 g/mol. The van der Waals surface area contributed by atoms with E-state index in [-0.39, 0.29) is 0 Å². The molecule has 1 saturated carbocycles. The molecule has 112 valence electrons. The first-order valence-corrected chi connectivity index (χ1v) is 7.65. The van der Waals surface area contributed by atoms with Crippen molar-refractivity contribution in [2.24, 2.45) is 5.92 Å². The topological polar surface area (TPSA) is 52.6 Å². The lowest BCUT2D eigenvalue weighted by Gasteiger charge is -2.29. The Bertz CT molecular complexity index is 271. The van der Waals surface area contributed by atoms with Crippen molar-refractivity contribution in [2.45, 2.75) is 57.4 Å². The fraction of sp³-hybridized carbons (Fsp3) is 0.933. The van der Waals surface area contributed by atoms with Crippen LogP contribution >= 0.6 is 0 Å². The van der Waals surface area contributed by atoms with Crippen LogP contribution in [0, 0.1) is 5.92 Å². The third-order valence-electron chi connectivity index (χ3n) is 4.68. The Morgan fingerprint density at radius 1 is 1.42 bits per heavy atom. The van der Waals surface area contributed by atoms with Gasteiger partial charge in [0.1, 0.15) is 5.54 Å². The van der Waals surface area contributed by atoms with Gasteiger partial charge in [-0.05, 0) is 58.7 Å². The zero-order valence-corrected chi connectivity index (χ0v) is 12.7. The van der Waals surface area contributed by atoms with Crippen LogP contribution in [0.4, 0.5) is 0 Å². The molecule has 0 aliphatic heterocycles. The molecule has 1 atom stereocenters. The number of aliphatic carboxylic acids is 1. The summed E-state index contributed by atoms with van der Waals surface area (Å²) in [4.78, 5) is 13.7. The van der Waals surface area contributed by atoms with Crippen molar-refractivity contribution in [1.82, 2.24) is 10.2 Å². The minimum absolute atomic E-state index is 0.630. The average molecular weight is 270 g/mol. The summed E-state index contributed by atoms with van der Waals surface area (Å²) in [6.45, 7) is 4.10. The summed E-state index contributed by atoms with van der Waals surface area (Å²) < 4.78 is 0. The molecule has 1 rings (SSSR count). The highest BCUT2D eigenvalue weighted by Crippen LogP contribution is 2.25. The van der Waals surface area contributed by atoms with E-state index in [1.54, 1.807) is 7.05 Å². The second kappa shape index (κ2) is 7.85. The predicted octanol–water partition coefficient (Wildman–Crippen LogP) is 2.34. The van der Waals surface area contributed by atoms with Gasteiger partial charge in [-0.2, -0.15) is 0 Å². The van der Waals surface area contributed by atoms with Gasteiger partial charge < -0.3 is 15.3 Å². The fourth-order valence-electron chi connectivity index (χ4n) is 3.22. The summed E-state index contributed by atoms with van der Waals surface area (Å²) in [5.41, 5.74) is -0.742. The van der Waals surface area contributed by atoms with Gasteiger partial charge in [-0.25, -0.2) is 0 Å². The van der Waals surface area contributed by atoms with Crippen molar-refractivity contribution in [3.8, 4) is 0 Å². The molecule has 2 N–H and O–H groups in total. The highest BCUT2D eigenvalue weighted by molar-refractivity contribution is 5.78. The number of hydrogen-bond donors (Lipinski definition) is 2. The summed E-state index contributed by atoms with van der Waals surface area (Å²) in [6.07, 6.45) is 7.77. The molecule has 1 unspecified atom stereocenters. The summed E-state index contributed by atoms with van der Waals surface area (Å²) in [5, 5.41) is 12.3. The first kappa shape index (κ1) is 16.4. The van der Waals surface area contributed by atoms with Crippen LogP contribution in [0.5, 0.6) is 0 Å². The zero-order valence-electron chi connectivity index (χ0n) is 12.7. The predicted molar refractivity (Wildman–Crippen MR) is 78.4 cm³/mol. The van der Waals surface area contributed by atoms with Crippen LogP contribution in [0.2, 0.25) is 0 Å². The summed E-state index contributed by atoms with van der Waals surface area (Å²) in [6, 6.07) is 0.